The smallest absolute Gasteiger partial charge is 0.138 e. The molecule has 15 heavy (non-hydrogen) atoms. The summed E-state index contributed by atoms with van der Waals surface area (Å²) < 4.78 is 1.67. The van der Waals surface area contributed by atoms with E-state index in [0.717, 1.165) is 5.82 Å². The summed E-state index contributed by atoms with van der Waals surface area (Å²) in [6.45, 7) is 3.88. The minimum Gasteiger partial charge on any atom is -0.396 e. The highest BCUT2D eigenvalue weighted by atomic mass is 16.3. The number of nitrogens with zero attached hydrogens (tertiary/aromatic N) is 3. The number of hydrogen-bond donors (Lipinski definition) is 2. The predicted octanol–water partition coefficient (Wildman–Crippen LogP) is -0.0154. The Kier molecular flexibility index (Phi) is 3.82. The number of aryl methyl sites for hydroxylation is 1. The van der Waals surface area contributed by atoms with Crippen molar-refractivity contribution < 1.29 is 10.2 Å². The van der Waals surface area contributed by atoms with Crippen molar-refractivity contribution in [2.24, 2.45) is 18.4 Å². The van der Waals surface area contributed by atoms with Crippen LogP contribution in [-0.2, 0) is 13.5 Å². The summed E-state index contributed by atoms with van der Waals surface area (Å²) in [4.78, 5) is 4.11. The fourth-order valence-electron chi connectivity index (χ4n) is 1.53. The molecule has 2 N–H and O–H groups in total. The van der Waals surface area contributed by atoms with Gasteiger partial charge in [-0.05, 0) is 5.92 Å². The van der Waals surface area contributed by atoms with Crippen molar-refractivity contribution in [2.45, 2.75) is 20.3 Å². The summed E-state index contributed by atoms with van der Waals surface area (Å²) in [6.07, 6.45) is 2.02. The van der Waals surface area contributed by atoms with Gasteiger partial charge in [0.1, 0.15) is 12.2 Å². The van der Waals surface area contributed by atoms with Gasteiger partial charge in [0.05, 0.1) is 13.2 Å². The second-order valence-corrected chi connectivity index (χ2v) is 4.31. The molecule has 0 aromatic carbocycles. The number of aromatic nitrogens is 3. The normalized spacial score (nSPS) is 12.4. The van der Waals surface area contributed by atoms with Gasteiger partial charge in [-0.1, -0.05) is 13.8 Å². The first-order chi connectivity index (χ1) is 7.05. The molecule has 5 heteroatoms. The van der Waals surface area contributed by atoms with E-state index in [1.165, 1.54) is 6.33 Å². The monoisotopic (exact) mass is 213 g/mol. The van der Waals surface area contributed by atoms with Crippen molar-refractivity contribution in [3.63, 3.8) is 0 Å². The minimum atomic E-state index is -0.513. The van der Waals surface area contributed by atoms with Crippen molar-refractivity contribution >= 4 is 0 Å². The lowest BCUT2D eigenvalue weighted by Gasteiger charge is -2.33. The van der Waals surface area contributed by atoms with Crippen LogP contribution in [0.25, 0.3) is 0 Å². The zero-order chi connectivity index (χ0) is 11.5. The molecule has 0 saturated carbocycles. The van der Waals surface area contributed by atoms with Crippen LogP contribution in [-0.4, -0.2) is 38.2 Å². The van der Waals surface area contributed by atoms with E-state index in [4.69, 9.17) is 0 Å². The van der Waals surface area contributed by atoms with E-state index >= 15 is 0 Å². The van der Waals surface area contributed by atoms with Gasteiger partial charge in [0.15, 0.2) is 0 Å². The lowest BCUT2D eigenvalue weighted by atomic mass is 9.75. The van der Waals surface area contributed by atoms with Gasteiger partial charge >= 0.3 is 0 Å². The second kappa shape index (κ2) is 4.72. The van der Waals surface area contributed by atoms with Crippen LogP contribution in [0.3, 0.4) is 0 Å². The van der Waals surface area contributed by atoms with Crippen molar-refractivity contribution in [2.75, 3.05) is 13.2 Å². The summed E-state index contributed by atoms with van der Waals surface area (Å²) in [6, 6.07) is 0. The van der Waals surface area contributed by atoms with Crippen LogP contribution in [0.15, 0.2) is 6.33 Å². The Bertz CT molecular complexity index is 305. The summed E-state index contributed by atoms with van der Waals surface area (Å²) in [5.74, 6) is 0.969. The van der Waals surface area contributed by atoms with Gasteiger partial charge in [-0.25, -0.2) is 4.98 Å². The molecule has 0 atom stereocenters. The summed E-state index contributed by atoms with van der Waals surface area (Å²) in [5.41, 5.74) is -0.513. The number of aliphatic hydroxyl groups is 2. The van der Waals surface area contributed by atoms with E-state index in [-0.39, 0.29) is 19.1 Å². The van der Waals surface area contributed by atoms with E-state index in [2.05, 4.69) is 10.1 Å². The summed E-state index contributed by atoms with van der Waals surface area (Å²) >= 11 is 0. The molecule has 0 bridgehead atoms. The zero-order valence-corrected chi connectivity index (χ0v) is 9.51. The molecule has 86 valence electrons. The zero-order valence-electron chi connectivity index (χ0n) is 9.51. The molecule has 1 aromatic heterocycles. The standard InChI is InChI=1S/C10H19N3O2/c1-8(2)10(5-14,6-15)4-9-11-7-12-13(9)3/h7-8,14-15H,4-6H2,1-3H3. The molecular formula is C10H19N3O2. The van der Waals surface area contributed by atoms with E-state index in [1.807, 2.05) is 20.9 Å². The fraction of sp³-hybridized carbons (Fsp3) is 0.800. The summed E-state index contributed by atoms with van der Waals surface area (Å²) in [5, 5.41) is 22.8. The van der Waals surface area contributed by atoms with Crippen LogP contribution in [0.5, 0.6) is 0 Å². The molecule has 1 heterocycles. The van der Waals surface area contributed by atoms with E-state index < -0.39 is 5.41 Å². The molecule has 0 spiro atoms. The highest BCUT2D eigenvalue weighted by Gasteiger charge is 2.34. The van der Waals surface area contributed by atoms with Gasteiger partial charge in [0.25, 0.3) is 0 Å². The molecule has 5 nitrogen and oxygen atoms in total. The maximum Gasteiger partial charge on any atom is 0.138 e. The Labute approximate surface area is 89.8 Å². The molecule has 0 unspecified atom stereocenters. The van der Waals surface area contributed by atoms with Crippen molar-refractivity contribution in [1.82, 2.24) is 14.8 Å². The minimum absolute atomic E-state index is 0.0476. The summed E-state index contributed by atoms with van der Waals surface area (Å²) in [7, 11) is 1.81. The van der Waals surface area contributed by atoms with Crippen LogP contribution in [0.1, 0.15) is 19.7 Å². The predicted molar refractivity (Wildman–Crippen MR) is 56.1 cm³/mol. The third-order valence-corrected chi connectivity index (χ3v) is 3.17. The molecule has 0 saturated heterocycles. The van der Waals surface area contributed by atoms with E-state index in [1.54, 1.807) is 4.68 Å². The van der Waals surface area contributed by atoms with Crippen molar-refractivity contribution in [1.29, 1.82) is 0 Å². The van der Waals surface area contributed by atoms with Gasteiger partial charge in [0.2, 0.25) is 0 Å². The van der Waals surface area contributed by atoms with Crippen LogP contribution in [0, 0.1) is 11.3 Å². The molecular weight excluding hydrogens is 194 g/mol. The van der Waals surface area contributed by atoms with Gasteiger partial charge in [-0.15, -0.1) is 0 Å². The second-order valence-electron chi connectivity index (χ2n) is 4.31. The lowest BCUT2D eigenvalue weighted by Crippen LogP contribution is -2.38. The first-order valence-electron chi connectivity index (χ1n) is 5.10. The Hall–Kier alpha value is -0.940. The highest BCUT2D eigenvalue weighted by molar-refractivity contribution is 4.95. The maximum atomic E-state index is 9.42. The number of hydrogen-bond acceptors (Lipinski definition) is 4. The Morgan fingerprint density at radius 2 is 2.00 bits per heavy atom. The van der Waals surface area contributed by atoms with Crippen LogP contribution < -0.4 is 0 Å². The van der Waals surface area contributed by atoms with Gasteiger partial charge < -0.3 is 10.2 Å². The SMILES string of the molecule is CC(C)C(CO)(CO)Cc1ncnn1C. The van der Waals surface area contributed by atoms with E-state index in [9.17, 15) is 10.2 Å². The number of aliphatic hydroxyl groups excluding tert-OH is 2. The van der Waals surface area contributed by atoms with Crippen LogP contribution in [0.2, 0.25) is 0 Å². The third kappa shape index (κ3) is 2.35. The fourth-order valence-corrected chi connectivity index (χ4v) is 1.53. The molecule has 0 aliphatic carbocycles. The Balaban J connectivity index is 2.88. The van der Waals surface area contributed by atoms with Gasteiger partial charge in [0, 0.05) is 18.9 Å². The first kappa shape index (κ1) is 12.1. The largest absolute Gasteiger partial charge is 0.396 e. The molecule has 0 radical (unpaired) electrons. The van der Waals surface area contributed by atoms with Crippen LogP contribution in [0.4, 0.5) is 0 Å². The highest BCUT2D eigenvalue weighted by Crippen LogP contribution is 2.30. The number of rotatable bonds is 5. The van der Waals surface area contributed by atoms with E-state index in [0.29, 0.717) is 6.42 Å². The quantitative estimate of drug-likeness (QED) is 0.721. The van der Waals surface area contributed by atoms with Crippen molar-refractivity contribution in [3.8, 4) is 0 Å². The lowest BCUT2D eigenvalue weighted by molar-refractivity contribution is 0.0141. The van der Waals surface area contributed by atoms with Gasteiger partial charge in [-0.2, -0.15) is 5.10 Å². The Morgan fingerprint density at radius 1 is 1.40 bits per heavy atom. The average Bonchev–Trinajstić information content (AvgIpc) is 2.60. The molecule has 1 aromatic rings. The molecule has 0 fully saturated rings. The first-order valence-corrected chi connectivity index (χ1v) is 5.10. The van der Waals surface area contributed by atoms with Crippen LogP contribution >= 0.6 is 0 Å². The van der Waals surface area contributed by atoms with Crippen molar-refractivity contribution in [3.05, 3.63) is 12.2 Å². The third-order valence-electron chi connectivity index (χ3n) is 3.17. The molecule has 0 amide bonds. The molecule has 1 rings (SSSR count). The Morgan fingerprint density at radius 3 is 2.33 bits per heavy atom. The average molecular weight is 213 g/mol. The van der Waals surface area contributed by atoms with Gasteiger partial charge in [-0.3, -0.25) is 4.68 Å². The molecule has 0 aliphatic heterocycles. The maximum absolute atomic E-state index is 9.42. The molecule has 0 aliphatic rings. The topological polar surface area (TPSA) is 71.2 Å².